The van der Waals surface area contributed by atoms with E-state index in [1.54, 1.807) is 30.5 Å². The number of piperidine rings is 1. The van der Waals surface area contributed by atoms with E-state index in [0.29, 0.717) is 49.6 Å². The molecule has 26 heavy (non-hydrogen) atoms. The first-order valence-electron chi connectivity index (χ1n) is 8.85. The Bertz CT molecular complexity index is 764. The van der Waals surface area contributed by atoms with E-state index in [1.807, 2.05) is 22.6 Å². The van der Waals surface area contributed by atoms with E-state index < -0.39 is 0 Å². The molecule has 2 heterocycles. The van der Waals surface area contributed by atoms with E-state index in [1.165, 1.54) is 0 Å². The standard InChI is InChI=1S/C19H23ClN4O2/c1-14-21-8-12-23(14)13-9-22-18(25)15-6-10-24(11-7-15)19(26)16-2-4-17(20)5-3-16/h2-5,8,12,15H,6-7,9-11,13H2,1H3,(H,22,25). The van der Waals surface area contributed by atoms with Crippen LogP contribution in [0.1, 0.15) is 29.0 Å². The number of carbonyl (C=O) groups excluding carboxylic acids is 2. The zero-order valence-corrected chi connectivity index (χ0v) is 15.6. The van der Waals surface area contributed by atoms with Gasteiger partial charge in [-0.1, -0.05) is 11.6 Å². The van der Waals surface area contributed by atoms with Crippen molar-refractivity contribution in [1.29, 1.82) is 0 Å². The van der Waals surface area contributed by atoms with Crippen molar-refractivity contribution >= 4 is 23.4 Å². The van der Waals surface area contributed by atoms with E-state index in [9.17, 15) is 9.59 Å². The molecule has 1 saturated heterocycles. The first kappa shape index (κ1) is 18.5. The molecule has 138 valence electrons. The van der Waals surface area contributed by atoms with Gasteiger partial charge in [-0.3, -0.25) is 9.59 Å². The SMILES string of the molecule is Cc1nccn1CCNC(=O)C1CCN(C(=O)c2ccc(Cl)cc2)CC1. The molecule has 0 saturated carbocycles. The molecule has 3 rings (SSSR count). The molecule has 1 fully saturated rings. The number of carbonyl (C=O) groups is 2. The Morgan fingerprint density at radius 1 is 1.23 bits per heavy atom. The number of halogens is 1. The molecular formula is C19H23ClN4O2. The van der Waals surface area contributed by atoms with Gasteiger partial charge in [0.25, 0.3) is 5.91 Å². The fourth-order valence-corrected chi connectivity index (χ4v) is 3.33. The quantitative estimate of drug-likeness (QED) is 0.874. The summed E-state index contributed by atoms with van der Waals surface area (Å²) in [6, 6.07) is 6.91. The highest BCUT2D eigenvalue weighted by atomic mass is 35.5. The average Bonchev–Trinajstić information content (AvgIpc) is 3.07. The smallest absolute Gasteiger partial charge is 0.253 e. The van der Waals surface area contributed by atoms with Crippen LogP contribution < -0.4 is 5.32 Å². The average molecular weight is 375 g/mol. The van der Waals surface area contributed by atoms with Crippen molar-refractivity contribution in [3.8, 4) is 0 Å². The molecule has 1 aromatic heterocycles. The zero-order chi connectivity index (χ0) is 18.5. The van der Waals surface area contributed by atoms with Crippen LogP contribution >= 0.6 is 11.6 Å². The number of rotatable bonds is 5. The van der Waals surface area contributed by atoms with Gasteiger partial charge in [-0.15, -0.1) is 0 Å². The lowest BCUT2D eigenvalue weighted by molar-refractivity contribution is -0.126. The third-order valence-electron chi connectivity index (χ3n) is 4.82. The van der Waals surface area contributed by atoms with Gasteiger partial charge < -0.3 is 14.8 Å². The molecule has 0 atom stereocenters. The maximum absolute atomic E-state index is 12.5. The second-order valence-electron chi connectivity index (χ2n) is 6.53. The van der Waals surface area contributed by atoms with Gasteiger partial charge in [0.2, 0.25) is 5.91 Å². The van der Waals surface area contributed by atoms with Gasteiger partial charge in [0.1, 0.15) is 5.82 Å². The van der Waals surface area contributed by atoms with Crippen LogP contribution in [0.2, 0.25) is 5.02 Å². The summed E-state index contributed by atoms with van der Waals surface area (Å²) < 4.78 is 2.01. The molecule has 7 heteroatoms. The molecule has 1 aliphatic rings. The van der Waals surface area contributed by atoms with Crippen molar-refractivity contribution in [1.82, 2.24) is 19.8 Å². The number of hydrogen-bond acceptors (Lipinski definition) is 3. The second-order valence-corrected chi connectivity index (χ2v) is 6.97. The van der Waals surface area contributed by atoms with Crippen molar-refractivity contribution in [2.45, 2.75) is 26.3 Å². The van der Waals surface area contributed by atoms with Gasteiger partial charge >= 0.3 is 0 Å². The summed E-state index contributed by atoms with van der Waals surface area (Å²) in [6.45, 7) is 4.43. The van der Waals surface area contributed by atoms with Crippen molar-refractivity contribution in [3.05, 3.63) is 53.1 Å². The number of aromatic nitrogens is 2. The van der Waals surface area contributed by atoms with Gasteiger partial charge in [-0.05, 0) is 44.0 Å². The summed E-state index contributed by atoms with van der Waals surface area (Å²) in [6.07, 6.45) is 5.04. The normalized spacial score (nSPS) is 15.1. The maximum atomic E-state index is 12.5. The molecule has 0 unspecified atom stereocenters. The van der Waals surface area contributed by atoms with E-state index in [4.69, 9.17) is 11.6 Å². The summed E-state index contributed by atoms with van der Waals surface area (Å²) in [4.78, 5) is 30.8. The van der Waals surface area contributed by atoms with Gasteiger partial charge in [-0.25, -0.2) is 4.98 Å². The van der Waals surface area contributed by atoms with Crippen LogP contribution in [0.5, 0.6) is 0 Å². The lowest BCUT2D eigenvalue weighted by Crippen LogP contribution is -2.43. The number of amides is 2. The van der Waals surface area contributed by atoms with Crippen molar-refractivity contribution < 1.29 is 9.59 Å². The minimum absolute atomic E-state index is 0.00360. The number of hydrogen-bond donors (Lipinski definition) is 1. The van der Waals surface area contributed by atoms with Crippen molar-refractivity contribution in [3.63, 3.8) is 0 Å². The predicted molar refractivity (Wildman–Crippen MR) is 100 cm³/mol. The Hall–Kier alpha value is -2.34. The van der Waals surface area contributed by atoms with E-state index in [0.717, 1.165) is 5.82 Å². The number of imidazole rings is 1. The van der Waals surface area contributed by atoms with Crippen LogP contribution in [0.15, 0.2) is 36.7 Å². The summed E-state index contributed by atoms with van der Waals surface area (Å²) >= 11 is 5.86. The van der Waals surface area contributed by atoms with Crippen LogP contribution in [0.3, 0.4) is 0 Å². The highest BCUT2D eigenvalue weighted by Crippen LogP contribution is 2.20. The van der Waals surface area contributed by atoms with Gasteiger partial charge in [0.05, 0.1) is 0 Å². The minimum Gasteiger partial charge on any atom is -0.354 e. The molecule has 0 spiro atoms. The molecular weight excluding hydrogens is 352 g/mol. The van der Waals surface area contributed by atoms with Gasteiger partial charge in [-0.2, -0.15) is 0 Å². The van der Waals surface area contributed by atoms with Crippen LogP contribution in [0.4, 0.5) is 0 Å². The van der Waals surface area contributed by atoms with Crippen LogP contribution in [-0.4, -0.2) is 45.9 Å². The van der Waals surface area contributed by atoms with E-state index in [2.05, 4.69) is 10.3 Å². The third-order valence-corrected chi connectivity index (χ3v) is 5.07. The predicted octanol–water partition coefficient (Wildman–Crippen LogP) is 2.51. The van der Waals surface area contributed by atoms with Crippen molar-refractivity contribution in [2.75, 3.05) is 19.6 Å². The summed E-state index contributed by atoms with van der Waals surface area (Å²) in [5.41, 5.74) is 0.632. The Balaban J connectivity index is 1.44. The number of nitrogens with zero attached hydrogens (tertiary/aromatic N) is 3. The van der Waals surface area contributed by atoms with Crippen LogP contribution in [0.25, 0.3) is 0 Å². The molecule has 2 aromatic rings. The molecule has 0 aliphatic carbocycles. The Morgan fingerprint density at radius 2 is 1.92 bits per heavy atom. The molecule has 6 nitrogen and oxygen atoms in total. The van der Waals surface area contributed by atoms with E-state index in [-0.39, 0.29) is 17.7 Å². The molecule has 0 radical (unpaired) electrons. The molecule has 1 aliphatic heterocycles. The first-order valence-corrected chi connectivity index (χ1v) is 9.22. The van der Waals surface area contributed by atoms with Gasteiger partial charge in [0.15, 0.2) is 0 Å². The first-order chi connectivity index (χ1) is 12.5. The lowest BCUT2D eigenvalue weighted by atomic mass is 9.95. The van der Waals surface area contributed by atoms with Gasteiger partial charge in [0, 0.05) is 55.1 Å². The summed E-state index contributed by atoms with van der Waals surface area (Å²) in [5, 5.41) is 3.61. The fourth-order valence-electron chi connectivity index (χ4n) is 3.20. The van der Waals surface area contributed by atoms with E-state index >= 15 is 0 Å². The van der Waals surface area contributed by atoms with Crippen LogP contribution in [-0.2, 0) is 11.3 Å². The topological polar surface area (TPSA) is 67.2 Å². The number of aryl methyl sites for hydroxylation is 1. The molecule has 0 bridgehead atoms. The zero-order valence-electron chi connectivity index (χ0n) is 14.8. The van der Waals surface area contributed by atoms with Crippen LogP contribution in [0, 0.1) is 12.8 Å². The Kier molecular flexibility index (Phi) is 5.93. The highest BCUT2D eigenvalue weighted by molar-refractivity contribution is 6.30. The summed E-state index contributed by atoms with van der Waals surface area (Å²) in [7, 11) is 0. The maximum Gasteiger partial charge on any atom is 0.253 e. The largest absolute Gasteiger partial charge is 0.354 e. The monoisotopic (exact) mass is 374 g/mol. The number of nitrogens with one attached hydrogen (secondary N) is 1. The summed E-state index contributed by atoms with van der Waals surface area (Å²) in [5.74, 6) is 0.971. The third kappa shape index (κ3) is 4.43. The fraction of sp³-hybridized carbons (Fsp3) is 0.421. The second kappa shape index (κ2) is 8.36. The highest BCUT2D eigenvalue weighted by Gasteiger charge is 2.27. The number of benzene rings is 1. The number of likely N-dealkylation sites (tertiary alicyclic amines) is 1. The molecule has 2 amide bonds. The lowest BCUT2D eigenvalue weighted by Gasteiger charge is -2.31. The molecule has 1 N–H and O–H groups in total. The Labute approximate surface area is 158 Å². The molecule has 1 aromatic carbocycles. The van der Waals surface area contributed by atoms with Crippen molar-refractivity contribution in [2.24, 2.45) is 5.92 Å². The Morgan fingerprint density at radius 3 is 2.54 bits per heavy atom. The minimum atomic E-state index is -0.0341.